The van der Waals surface area contributed by atoms with E-state index in [0.717, 1.165) is 27.8 Å². The topological polar surface area (TPSA) is 84.4 Å². The van der Waals surface area contributed by atoms with Crippen LogP contribution < -0.4 is 5.73 Å². The number of aromatic nitrogens is 2. The van der Waals surface area contributed by atoms with Crippen LogP contribution in [0.3, 0.4) is 0 Å². The Morgan fingerprint density at radius 3 is 2.76 bits per heavy atom. The first kappa shape index (κ1) is 14.0. The maximum absolute atomic E-state index is 9.35. The Hall–Kier alpha value is -1.95. The summed E-state index contributed by atoms with van der Waals surface area (Å²) in [6.45, 7) is 1.86. The maximum atomic E-state index is 9.35. The molecule has 0 aliphatic heterocycles. The normalized spacial score (nSPS) is 19.5. The fourth-order valence-electron chi connectivity index (χ4n) is 2.94. The molecule has 0 radical (unpaired) electrons. The van der Waals surface area contributed by atoms with E-state index in [-0.39, 0.29) is 11.9 Å². The van der Waals surface area contributed by atoms with Gasteiger partial charge in [0.2, 0.25) is 5.95 Å². The van der Waals surface area contributed by atoms with Gasteiger partial charge in [0.25, 0.3) is 0 Å². The molecule has 0 saturated carbocycles. The zero-order chi connectivity index (χ0) is 15.0. The molecule has 0 bridgehead atoms. The Bertz CT molecular complexity index is 730. The van der Waals surface area contributed by atoms with Crippen LogP contribution in [0.4, 0.5) is 5.95 Å². The van der Waals surface area contributed by atoms with Crippen molar-refractivity contribution in [2.75, 3.05) is 5.73 Å². The number of nitrogen functional groups attached to an aromatic ring is 1. The number of oxime groups is 1. The minimum absolute atomic E-state index is 0.202. The summed E-state index contributed by atoms with van der Waals surface area (Å²) in [7, 11) is 0. The van der Waals surface area contributed by atoms with Crippen LogP contribution in [-0.4, -0.2) is 20.9 Å². The smallest absolute Gasteiger partial charge is 0.220 e. The van der Waals surface area contributed by atoms with Crippen LogP contribution in [0.5, 0.6) is 0 Å². The van der Waals surface area contributed by atoms with E-state index in [2.05, 4.69) is 37.1 Å². The van der Waals surface area contributed by atoms with Gasteiger partial charge in [-0.2, -0.15) is 0 Å². The quantitative estimate of drug-likeness (QED) is 0.613. The molecule has 5 nitrogen and oxygen atoms in total. The fourth-order valence-corrected chi connectivity index (χ4v) is 3.55. The lowest BCUT2D eigenvalue weighted by molar-refractivity contribution is 0.316. The molecule has 108 valence electrons. The van der Waals surface area contributed by atoms with Crippen LogP contribution in [0, 0.1) is 6.92 Å². The molecule has 3 N–H and O–H groups in total. The van der Waals surface area contributed by atoms with Crippen molar-refractivity contribution < 1.29 is 5.21 Å². The lowest BCUT2D eigenvalue weighted by Gasteiger charge is -2.26. The largest absolute Gasteiger partial charge is 0.411 e. The van der Waals surface area contributed by atoms with E-state index in [1.807, 2.05) is 25.1 Å². The van der Waals surface area contributed by atoms with E-state index in [9.17, 15) is 5.21 Å². The molecular formula is C15H15BrN4O. The number of rotatable bonds is 1. The van der Waals surface area contributed by atoms with Gasteiger partial charge < -0.3 is 10.9 Å². The number of fused-ring (bicyclic) bond motifs is 1. The molecule has 0 saturated heterocycles. The third-order valence-electron chi connectivity index (χ3n) is 3.82. The van der Waals surface area contributed by atoms with Crippen LogP contribution >= 0.6 is 15.9 Å². The van der Waals surface area contributed by atoms with Gasteiger partial charge >= 0.3 is 0 Å². The second kappa shape index (κ2) is 5.44. The molecule has 21 heavy (non-hydrogen) atoms. The van der Waals surface area contributed by atoms with E-state index < -0.39 is 0 Å². The molecule has 0 fully saturated rings. The van der Waals surface area contributed by atoms with Gasteiger partial charge in [0.15, 0.2) is 0 Å². The van der Waals surface area contributed by atoms with Gasteiger partial charge in [0.1, 0.15) is 0 Å². The maximum Gasteiger partial charge on any atom is 0.220 e. The molecule has 1 aliphatic rings. The third kappa shape index (κ3) is 2.51. The Kier molecular flexibility index (Phi) is 3.63. The number of aryl methyl sites for hydroxylation is 1. The molecule has 0 amide bonds. The van der Waals surface area contributed by atoms with Gasteiger partial charge in [-0.25, -0.2) is 9.97 Å². The van der Waals surface area contributed by atoms with Crippen LogP contribution in [0.2, 0.25) is 0 Å². The summed E-state index contributed by atoms with van der Waals surface area (Å²) in [5, 5.41) is 12.8. The first-order valence-corrected chi connectivity index (χ1v) is 7.48. The van der Waals surface area contributed by atoms with Gasteiger partial charge in [-0.1, -0.05) is 39.3 Å². The summed E-state index contributed by atoms with van der Waals surface area (Å²) in [6.07, 6.45) is 1.41. The van der Waals surface area contributed by atoms with E-state index >= 15 is 0 Å². The van der Waals surface area contributed by atoms with Crippen molar-refractivity contribution in [3.05, 3.63) is 51.3 Å². The number of anilines is 1. The third-order valence-corrected chi connectivity index (χ3v) is 4.54. The standard InChI is InChI=1S/C15H15BrN4O/c1-8-14-12(19-15(17)18-8)6-9(7-13(14)20-21)10-4-2-3-5-11(10)16/h2-5,9,21H,6-7H2,1H3,(H2,17,18,19). The Morgan fingerprint density at radius 2 is 2.05 bits per heavy atom. The van der Waals surface area contributed by atoms with Gasteiger partial charge in [-0.15, -0.1) is 0 Å². The van der Waals surface area contributed by atoms with Crippen molar-refractivity contribution in [1.29, 1.82) is 0 Å². The van der Waals surface area contributed by atoms with Crippen molar-refractivity contribution in [1.82, 2.24) is 9.97 Å². The first-order valence-electron chi connectivity index (χ1n) is 6.69. The Balaban J connectivity index is 2.09. The molecule has 1 aromatic carbocycles. The number of nitrogens with two attached hydrogens (primary N) is 1. The van der Waals surface area contributed by atoms with Crippen molar-refractivity contribution in [2.45, 2.75) is 25.7 Å². The predicted octanol–water partition coefficient (Wildman–Crippen LogP) is 3.04. The minimum Gasteiger partial charge on any atom is -0.411 e. The average molecular weight is 347 g/mol. The molecule has 1 heterocycles. The zero-order valence-electron chi connectivity index (χ0n) is 11.5. The SMILES string of the molecule is Cc1nc(N)nc2c1C(=NO)CC(c1ccccc1Br)C2. The van der Waals surface area contributed by atoms with Crippen molar-refractivity contribution >= 4 is 27.6 Å². The summed E-state index contributed by atoms with van der Waals surface area (Å²) in [4.78, 5) is 8.50. The molecule has 3 rings (SSSR count). The summed E-state index contributed by atoms with van der Waals surface area (Å²) in [5.41, 5.74) is 9.99. The molecule has 0 spiro atoms. The van der Waals surface area contributed by atoms with Crippen molar-refractivity contribution in [3.63, 3.8) is 0 Å². The first-order chi connectivity index (χ1) is 10.1. The summed E-state index contributed by atoms with van der Waals surface area (Å²) >= 11 is 3.58. The van der Waals surface area contributed by atoms with E-state index in [1.165, 1.54) is 5.56 Å². The van der Waals surface area contributed by atoms with Gasteiger partial charge in [-0.05, 0) is 30.9 Å². The highest BCUT2D eigenvalue weighted by Gasteiger charge is 2.29. The molecule has 6 heteroatoms. The Labute approximate surface area is 131 Å². The molecule has 1 atom stereocenters. The van der Waals surface area contributed by atoms with Gasteiger partial charge in [-0.3, -0.25) is 0 Å². The van der Waals surface area contributed by atoms with Gasteiger partial charge in [0.05, 0.1) is 17.1 Å². The summed E-state index contributed by atoms with van der Waals surface area (Å²) < 4.78 is 1.05. The van der Waals surface area contributed by atoms with Crippen LogP contribution in [0.25, 0.3) is 0 Å². The highest BCUT2D eigenvalue weighted by molar-refractivity contribution is 9.10. The van der Waals surface area contributed by atoms with E-state index in [4.69, 9.17) is 5.73 Å². The fraction of sp³-hybridized carbons (Fsp3) is 0.267. The van der Waals surface area contributed by atoms with Crippen molar-refractivity contribution in [3.8, 4) is 0 Å². The molecule has 2 aromatic rings. The van der Waals surface area contributed by atoms with E-state index in [0.29, 0.717) is 12.1 Å². The zero-order valence-corrected chi connectivity index (χ0v) is 13.1. The Morgan fingerprint density at radius 1 is 1.29 bits per heavy atom. The van der Waals surface area contributed by atoms with Crippen LogP contribution in [0.15, 0.2) is 33.9 Å². The number of hydrogen-bond acceptors (Lipinski definition) is 5. The second-order valence-corrected chi connectivity index (χ2v) is 6.02. The molecule has 1 unspecified atom stereocenters. The monoisotopic (exact) mass is 346 g/mol. The number of nitrogens with zero attached hydrogens (tertiary/aromatic N) is 3. The molecular weight excluding hydrogens is 332 g/mol. The average Bonchev–Trinajstić information content (AvgIpc) is 2.46. The number of hydrogen-bond donors (Lipinski definition) is 2. The van der Waals surface area contributed by atoms with Gasteiger partial charge in [0, 0.05) is 16.5 Å². The molecule has 1 aromatic heterocycles. The lowest BCUT2D eigenvalue weighted by atomic mass is 9.81. The second-order valence-electron chi connectivity index (χ2n) is 5.16. The summed E-state index contributed by atoms with van der Waals surface area (Å²) in [6, 6.07) is 8.08. The number of halogens is 1. The van der Waals surface area contributed by atoms with Crippen LogP contribution in [0.1, 0.15) is 34.9 Å². The molecule has 1 aliphatic carbocycles. The van der Waals surface area contributed by atoms with Crippen LogP contribution in [-0.2, 0) is 6.42 Å². The lowest BCUT2D eigenvalue weighted by Crippen LogP contribution is -2.23. The van der Waals surface area contributed by atoms with E-state index in [1.54, 1.807) is 0 Å². The minimum atomic E-state index is 0.202. The highest BCUT2D eigenvalue weighted by atomic mass is 79.9. The number of benzene rings is 1. The predicted molar refractivity (Wildman–Crippen MR) is 84.7 cm³/mol. The summed E-state index contributed by atoms with van der Waals surface area (Å²) in [5.74, 6) is 0.462. The van der Waals surface area contributed by atoms with Crippen molar-refractivity contribution in [2.24, 2.45) is 5.16 Å². The highest BCUT2D eigenvalue weighted by Crippen LogP contribution is 2.36.